The van der Waals surface area contributed by atoms with Gasteiger partial charge in [-0.25, -0.2) is 8.78 Å². The highest BCUT2D eigenvalue weighted by atomic mass is 19.2. The van der Waals surface area contributed by atoms with E-state index in [0.29, 0.717) is 12.0 Å². The molecule has 0 heterocycles. The van der Waals surface area contributed by atoms with Crippen LogP contribution in [0.1, 0.15) is 31.7 Å². The van der Waals surface area contributed by atoms with Crippen molar-refractivity contribution in [2.45, 2.75) is 38.6 Å². The van der Waals surface area contributed by atoms with Crippen LogP contribution < -0.4 is 5.32 Å². The third-order valence-corrected chi connectivity index (χ3v) is 3.31. The van der Waals surface area contributed by atoms with Crippen molar-refractivity contribution < 1.29 is 8.78 Å². The van der Waals surface area contributed by atoms with Crippen LogP contribution in [0.5, 0.6) is 0 Å². The molecule has 2 rings (SSSR count). The van der Waals surface area contributed by atoms with Crippen molar-refractivity contribution in [2.24, 2.45) is 5.92 Å². The minimum Gasteiger partial charge on any atom is -0.314 e. The van der Waals surface area contributed by atoms with Gasteiger partial charge in [0.05, 0.1) is 0 Å². The summed E-state index contributed by atoms with van der Waals surface area (Å²) in [5.41, 5.74) is 0.483. The zero-order valence-electron chi connectivity index (χ0n) is 10.2. The molecule has 1 aromatic carbocycles. The minimum atomic E-state index is -0.746. The van der Waals surface area contributed by atoms with E-state index >= 15 is 0 Å². The third kappa shape index (κ3) is 3.50. The topological polar surface area (TPSA) is 12.0 Å². The van der Waals surface area contributed by atoms with Gasteiger partial charge in [-0.15, -0.1) is 0 Å². The van der Waals surface area contributed by atoms with Gasteiger partial charge in [0.15, 0.2) is 11.6 Å². The molecule has 1 atom stereocenters. The summed E-state index contributed by atoms with van der Waals surface area (Å²) in [4.78, 5) is 0. The van der Waals surface area contributed by atoms with Crippen molar-refractivity contribution in [3.05, 3.63) is 35.4 Å². The summed E-state index contributed by atoms with van der Waals surface area (Å²) in [5.74, 6) is -0.647. The van der Waals surface area contributed by atoms with Crippen molar-refractivity contribution in [1.29, 1.82) is 0 Å². The number of nitrogens with one attached hydrogen (secondary N) is 1. The Hall–Kier alpha value is -0.960. The van der Waals surface area contributed by atoms with Crippen molar-refractivity contribution in [1.82, 2.24) is 5.32 Å². The zero-order valence-corrected chi connectivity index (χ0v) is 10.2. The Morgan fingerprint density at radius 3 is 2.76 bits per heavy atom. The van der Waals surface area contributed by atoms with Crippen LogP contribution in [0.4, 0.5) is 8.78 Å². The largest absolute Gasteiger partial charge is 0.314 e. The van der Waals surface area contributed by atoms with Gasteiger partial charge in [-0.2, -0.15) is 0 Å². The number of rotatable bonds is 6. The lowest BCUT2D eigenvalue weighted by molar-refractivity contribution is 0.446. The highest BCUT2D eigenvalue weighted by molar-refractivity contribution is 5.20. The van der Waals surface area contributed by atoms with Gasteiger partial charge in [-0.3, -0.25) is 0 Å². The third-order valence-electron chi connectivity index (χ3n) is 3.31. The van der Waals surface area contributed by atoms with E-state index in [0.717, 1.165) is 18.9 Å². The van der Waals surface area contributed by atoms with Crippen LogP contribution in [0.25, 0.3) is 0 Å². The fraction of sp³-hybridized carbons (Fsp3) is 0.571. The van der Waals surface area contributed by atoms with Gasteiger partial charge in [0, 0.05) is 6.04 Å². The number of benzene rings is 1. The predicted molar refractivity (Wildman–Crippen MR) is 64.9 cm³/mol. The second kappa shape index (κ2) is 5.58. The molecule has 0 aromatic heterocycles. The van der Waals surface area contributed by atoms with Gasteiger partial charge in [0.1, 0.15) is 0 Å². The zero-order chi connectivity index (χ0) is 12.3. The first-order valence-electron chi connectivity index (χ1n) is 6.37. The molecular weight excluding hydrogens is 220 g/mol. The molecule has 1 aliphatic rings. The second-order valence-corrected chi connectivity index (χ2v) is 4.85. The summed E-state index contributed by atoms with van der Waals surface area (Å²) in [6.07, 6.45) is 4.22. The lowest BCUT2D eigenvalue weighted by atomic mass is 10.0. The Kier molecular flexibility index (Phi) is 4.11. The van der Waals surface area contributed by atoms with Crippen LogP contribution in [-0.4, -0.2) is 12.6 Å². The predicted octanol–water partition coefficient (Wildman–Crippen LogP) is 3.29. The van der Waals surface area contributed by atoms with Crippen molar-refractivity contribution in [3.63, 3.8) is 0 Å². The Morgan fingerprint density at radius 2 is 2.12 bits per heavy atom. The number of halogens is 2. The van der Waals surface area contributed by atoms with Gasteiger partial charge >= 0.3 is 0 Å². The fourth-order valence-corrected chi connectivity index (χ4v) is 2.25. The van der Waals surface area contributed by atoms with Gasteiger partial charge in [-0.1, -0.05) is 31.9 Å². The molecule has 1 nitrogen and oxygen atoms in total. The normalized spacial score (nSPS) is 17.1. The molecule has 0 aliphatic heterocycles. The van der Waals surface area contributed by atoms with Crippen molar-refractivity contribution in [2.75, 3.05) is 6.54 Å². The first-order chi connectivity index (χ1) is 8.20. The molecular formula is C14H19F2N. The molecule has 1 aromatic rings. The minimum absolute atomic E-state index is 0.267. The van der Waals surface area contributed by atoms with E-state index in [9.17, 15) is 8.78 Å². The van der Waals surface area contributed by atoms with E-state index in [1.54, 1.807) is 12.1 Å². The number of hydrogen-bond acceptors (Lipinski definition) is 1. The molecule has 0 radical (unpaired) electrons. The van der Waals surface area contributed by atoms with E-state index in [1.807, 2.05) is 6.92 Å². The van der Waals surface area contributed by atoms with Gasteiger partial charge < -0.3 is 5.32 Å². The molecule has 94 valence electrons. The summed E-state index contributed by atoms with van der Waals surface area (Å²) in [5, 5.41) is 3.36. The first kappa shape index (κ1) is 12.5. The van der Waals surface area contributed by atoms with Crippen molar-refractivity contribution >= 4 is 0 Å². The molecule has 0 saturated heterocycles. The van der Waals surface area contributed by atoms with Crippen molar-refractivity contribution in [3.8, 4) is 0 Å². The lowest BCUT2D eigenvalue weighted by Crippen LogP contribution is -2.31. The van der Waals surface area contributed by atoms with Crippen LogP contribution in [0.3, 0.4) is 0 Å². The average molecular weight is 239 g/mol. The van der Waals surface area contributed by atoms with E-state index in [-0.39, 0.29) is 6.04 Å². The Labute approximate surface area is 101 Å². The molecule has 1 unspecified atom stereocenters. The molecule has 3 heteroatoms. The maximum Gasteiger partial charge on any atom is 0.162 e. The highest BCUT2D eigenvalue weighted by Crippen LogP contribution is 2.34. The summed E-state index contributed by atoms with van der Waals surface area (Å²) >= 11 is 0. The van der Waals surface area contributed by atoms with Gasteiger partial charge in [0.25, 0.3) is 0 Å². The summed E-state index contributed by atoms with van der Waals surface area (Å²) in [6.45, 7) is 2.91. The first-order valence-corrected chi connectivity index (χ1v) is 6.37. The second-order valence-electron chi connectivity index (χ2n) is 4.85. The Bertz CT molecular complexity index is 374. The smallest absolute Gasteiger partial charge is 0.162 e. The van der Waals surface area contributed by atoms with Crippen LogP contribution in [0, 0.1) is 17.6 Å². The van der Waals surface area contributed by atoms with Crippen LogP contribution >= 0.6 is 0 Å². The van der Waals surface area contributed by atoms with Gasteiger partial charge in [0.2, 0.25) is 0 Å². The van der Waals surface area contributed by atoms with Crippen LogP contribution in [-0.2, 0) is 6.42 Å². The van der Waals surface area contributed by atoms with Crippen LogP contribution in [0.15, 0.2) is 18.2 Å². The SMILES string of the molecule is CCNC(Cc1cccc(F)c1F)CC1CC1. The summed E-state index contributed by atoms with van der Waals surface area (Å²) in [6, 6.07) is 4.69. The van der Waals surface area contributed by atoms with Gasteiger partial charge in [-0.05, 0) is 36.9 Å². The molecule has 1 aliphatic carbocycles. The molecule has 0 spiro atoms. The van der Waals surface area contributed by atoms with E-state index in [4.69, 9.17) is 0 Å². The Morgan fingerprint density at radius 1 is 1.35 bits per heavy atom. The lowest BCUT2D eigenvalue weighted by Gasteiger charge is -2.18. The number of likely N-dealkylation sites (N-methyl/N-ethyl adjacent to an activating group) is 1. The standard InChI is InChI=1S/C14H19F2N/c1-2-17-12(8-10-6-7-10)9-11-4-3-5-13(15)14(11)16/h3-5,10,12,17H,2,6-9H2,1H3. The summed E-state index contributed by atoms with van der Waals surface area (Å²) in [7, 11) is 0. The maximum atomic E-state index is 13.6. The fourth-order valence-electron chi connectivity index (χ4n) is 2.25. The highest BCUT2D eigenvalue weighted by Gasteiger charge is 2.25. The molecule has 17 heavy (non-hydrogen) atoms. The Balaban J connectivity index is 2.02. The molecule has 1 N–H and O–H groups in total. The molecule has 0 bridgehead atoms. The molecule has 1 fully saturated rings. The molecule has 1 saturated carbocycles. The van der Waals surface area contributed by atoms with E-state index in [1.165, 1.54) is 18.9 Å². The number of hydrogen-bond donors (Lipinski definition) is 1. The summed E-state index contributed by atoms with van der Waals surface area (Å²) < 4.78 is 26.6. The monoisotopic (exact) mass is 239 g/mol. The van der Waals surface area contributed by atoms with Crippen LogP contribution in [0.2, 0.25) is 0 Å². The average Bonchev–Trinajstić information content (AvgIpc) is 3.09. The maximum absolute atomic E-state index is 13.6. The molecule has 0 amide bonds. The van der Waals surface area contributed by atoms with E-state index < -0.39 is 11.6 Å². The quantitative estimate of drug-likeness (QED) is 0.803. The van der Waals surface area contributed by atoms with E-state index in [2.05, 4.69) is 5.32 Å².